The molecule has 0 saturated heterocycles. The molecule has 0 aliphatic rings. The number of hydrogen-bond acceptors (Lipinski definition) is 2. The number of nitrogens with zero attached hydrogens (tertiary/aromatic N) is 3. The molecule has 0 aliphatic carbocycles. The van der Waals surface area contributed by atoms with Gasteiger partial charge in [-0.25, -0.2) is 4.68 Å². The van der Waals surface area contributed by atoms with Crippen molar-refractivity contribution in [2.75, 3.05) is 7.05 Å². The van der Waals surface area contributed by atoms with Gasteiger partial charge >= 0.3 is 0 Å². The average Bonchev–Trinajstić information content (AvgIpc) is 3.18. The van der Waals surface area contributed by atoms with E-state index < -0.39 is 0 Å². The van der Waals surface area contributed by atoms with Crippen molar-refractivity contribution in [2.45, 2.75) is 13.1 Å². The Bertz CT molecular complexity index is 849. The summed E-state index contributed by atoms with van der Waals surface area (Å²) >= 11 is 6.18. The Balaban J connectivity index is 0.00000243. The smallest absolute Gasteiger partial charge is 0.191 e. The molecule has 0 bridgehead atoms. The van der Waals surface area contributed by atoms with Crippen molar-refractivity contribution >= 4 is 41.5 Å². The number of aromatic nitrogens is 2. The second-order valence-corrected chi connectivity index (χ2v) is 5.90. The quantitative estimate of drug-likeness (QED) is 0.329. The Hall–Kier alpha value is -2.06. The van der Waals surface area contributed by atoms with E-state index in [0.717, 1.165) is 27.8 Å². The molecule has 0 unspecified atom stereocenters. The first-order valence-corrected chi connectivity index (χ1v) is 8.41. The first-order chi connectivity index (χ1) is 12.3. The fourth-order valence-corrected chi connectivity index (χ4v) is 2.66. The van der Waals surface area contributed by atoms with Crippen LogP contribution in [-0.4, -0.2) is 22.8 Å². The lowest BCUT2D eigenvalue weighted by molar-refractivity contribution is 0.806. The van der Waals surface area contributed by atoms with Crippen LogP contribution in [0.15, 0.2) is 72.0 Å². The van der Waals surface area contributed by atoms with Crippen molar-refractivity contribution in [3.63, 3.8) is 0 Å². The maximum absolute atomic E-state index is 6.18. The van der Waals surface area contributed by atoms with Gasteiger partial charge < -0.3 is 10.6 Å². The number of guanidine groups is 1. The summed E-state index contributed by atoms with van der Waals surface area (Å²) in [6.07, 6.45) is 3.70. The van der Waals surface area contributed by atoms with Crippen LogP contribution in [0.3, 0.4) is 0 Å². The molecule has 0 spiro atoms. The van der Waals surface area contributed by atoms with Crippen LogP contribution in [0.4, 0.5) is 0 Å². The zero-order valence-corrected chi connectivity index (χ0v) is 17.5. The third-order valence-electron chi connectivity index (χ3n) is 3.77. The van der Waals surface area contributed by atoms with Crippen LogP contribution in [0.2, 0.25) is 5.02 Å². The van der Waals surface area contributed by atoms with Crippen molar-refractivity contribution in [2.24, 2.45) is 4.99 Å². The lowest BCUT2D eigenvalue weighted by atomic mass is 10.2. The van der Waals surface area contributed by atoms with E-state index in [1.165, 1.54) is 0 Å². The Morgan fingerprint density at radius 3 is 2.62 bits per heavy atom. The maximum Gasteiger partial charge on any atom is 0.191 e. The Morgan fingerprint density at radius 2 is 1.88 bits per heavy atom. The van der Waals surface area contributed by atoms with Crippen LogP contribution >= 0.6 is 35.6 Å². The lowest BCUT2D eigenvalue weighted by Gasteiger charge is -2.13. The second kappa shape index (κ2) is 10.2. The third kappa shape index (κ3) is 5.47. The highest BCUT2D eigenvalue weighted by molar-refractivity contribution is 14.0. The molecule has 7 heteroatoms. The van der Waals surface area contributed by atoms with Crippen LogP contribution in [-0.2, 0) is 13.1 Å². The van der Waals surface area contributed by atoms with E-state index in [4.69, 9.17) is 11.6 Å². The van der Waals surface area contributed by atoms with E-state index in [2.05, 4.69) is 32.9 Å². The first-order valence-electron chi connectivity index (χ1n) is 8.03. The standard InChI is InChI=1S/C19H20ClN5.HI/c1-21-19(23-14-16-7-2-3-9-18(16)20)22-13-15-6-4-8-17(12-15)25-11-5-10-24-25;/h2-12H,13-14H2,1H3,(H2,21,22,23);1H. The molecule has 26 heavy (non-hydrogen) atoms. The van der Waals surface area contributed by atoms with Gasteiger partial charge in [0.2, 0.25) is 0 Å². The van der Waals surface area contributed by atoms with Gasteiger partial charge in [-0.1, -0.05) is 41.9 Å². The molecule has 5 nitrogen and oxygen atoms in total. The summed E-state index contributed by atoms with van der Waals surface area (Å²) in [5, 5.41) is 11.6. The molecule has 2 aromatic carbocycles. The van der Waals surface area contributed by atoms with Crippen molar-refractivity contribution in [3.8, 4) is 5.69 Å². The Morgan fingerprint density at radius 1 is 1.08 bits per heavy atom. The Labute approximate surface area is 175 Å². The number of nitrogens with one attached hydrogen (secondary N) is 2. The number of benzene rings is 2. The number of halogens is 2. The summed E-state index contributed by atoms with van der Waals surface area (Å²) in [4.78, 5) is 4.25. The minimum Gasteiger partial charge on any atom is -0.352 e. The summed E-state index contributed by atoms with van der Waals surface area (Å²) in [5.74, 6) is 0.726. The topological polar surface area (TPSA) is 54.2 Å². The van der Waals surface area contributed by atoms with Crippen molar-refractivity contribution in [1.82, 2.24) is 20.4 Å². The molecule has 1 heterocycles. The van der Waals surface area contributed by atoms with Gasteiger partial charge in [-0.05, 0) is 35.4 Å². The average molecular weight is 482 g/mol. The normalized spacial score (nSPS) is 10.9. The molecule has 0 aliphatic heterocycles. The van der Waals surface area contributed by atoms with E-state index in [1.54, 1.807) is 13.2 Å². The van der Waals surface area contributed by atoms with Crippen LogP contribution in [0, 0.1) is 0 Å². The van der Waals surface area contributed by atoms with E-state index >= 15 is 0 Å². The van der Waals surface area contributed by atoms with Gasteiger partial charge in [0.15, 0.2) is 5.96 Å². The van der Waals surface area contributed by atoms with Crippen LogP contribution in [0.5, 0.6) is 0 Å². The molecule has 0 amide bonds. The van der Waals surface area contributed by atoms with Crippen LogP contribution < -0.4 is 10.6 Å². The fraction of sp³-hybridized carbons (Fsp3) is 0.158. The van der Waals surface area contributed by atoms with E-state index in [0.29, 0.717) is 13.1 Å². The van der Waals surface area contributed by atoms with Gasteiger partial charge in [-0.2, -0.15) is 5.10 Å². The Kier molecular flexibility index (Phi) is 7.93. The number of hydrogen-bond donors (Lipinski definition) is 2. The molecule has 136 valence electrons. The SMILES string of the molecule is CN=C(NCc1cccc(-n2cccn2)c1)NCc1ccccc1Cl.I. The van der Waals surface area contributed by atoms with E-state index in [1.807, 2.05) is 53.3 Å². The van der Waals surface area contributed by atoms with Crippen molar-refractivity contribution in [3.05, 3.63) is 83.1 Å². The van der Waals surface area contributed by atoms with Gasteiger partial charge in [0.1, 0.15) is 0 Å². The van der Waals surface area contributed by atoms with E-state index in [9.17, 15) is 0 Å². The van der Waals surface area contributed by atoms with Gasteiger partial charge in [-0.3, -0.25) is 4.99 Å². The molecule has 1 aromatic heterocycles. The zero-order valence-electron chi connectivity index (χ0n) is 14.4. The van der Waals surface area contributed by atoms with Crippen molar-refractivity contribution < 1.29 is 0 Å². The predicted octanol–water partition coefficient (Wildman–Crippen LogP) is 4.01. The molecule has 0 fully saturated rings. The number of aliphatic imine (C=N–C) groups is 1. The summed E-state index contributed by atoms with van der Waals surface area (Å²) < 4.78 is 1.84. The molecular weight excluding hydrogens is 461 g/mol. The highest BCUT2D eigenvalue weighted by Gasteiger charge is 2.03. The highest BCUT2D eigenvalue weighted by atomic mass is 127. The largest absolute Gasteiger partial charge is 0.352 e. The first kappa shape index (κ1) is 20.3. The van der Waals surface area contributed by atoms with Gasteiger partial charge in [0.05, 0.1) is 5.69 Å². The number of rotatable bonds is 5. The molecule has 0 radical (unpaired) electrons. The molecule has 2 N–H and O–H groups in total. The lowest BCUT2D eigenvalue weighted by Crippen LogP contribution is -2.36. The summed E-state index contributed by atoms with van der Waals surface area (Å²) in [5.41, 5.74) is 3.21. The molecule has 3 aromatic rings. The van der Waals surface area contributed by atoms with Crippen LogP contribution in [0.1, 0.15) is 11.1 Å². The minimum absolute atomic E-state index is 0. The maximum atomic E-state index is 6.18. The minimum atomic E-state index is 0. The van der Waals surface area contributed by atoms with Crippen molar-refractivity contribution in [1.29, 1.82) is 0 Å². The highest BCUT2D eigenvalue weighted by Crippen LogP contribution is 2.14. The van der Waals surface area contributed by atoms with Gasteiger partial charge in [-0.15, -0.1) is 24.0 Å². The monoisotopic (exact) mass is 481 g/mol. The summed E-state index contributed by atoms with van der Waals surface area (Å²) in [6.45, 7) is 1.28. The molecule has 0 atom stereocenters. The summed E-state index contributed by atoms with van der Waals surface area (Å²) in [6, 6.07) is 17.9. The molecule has 3 rings (SSSR count). The third-order valence-corrected chi connectivity index (χ3v) is 4.14. The second-order valence-electron chi connectivity index (χ2n) is 5.49. The zero-order chi connectivity index (χ0) is 17.5. The summed E-state index contributed by atoms with van der Waals surface area (Å²) in [7, 11) is 1.75. The molecule has 0 saturated carbocycles. The molecular formula is C19H21ClIN5. The van der Waals surface area contributed by atoms with Crippen LogP contribution in [0.25, 0.3) is 5.69 Å². The van der Waals surface area contributed by atoms with Gasteiger partial charge in [0.25, 0.3) is 0 Å². The fourth-order valence-electron chi connectivity index (χ4n) is 2.46. The van der Waals surface area contributed by atoms with Gasteiger partial charge in [0, 0.05) is 37.6 Å². The van der Waals surface area contributed by atoms with E-state index in [-0.39, 0.29) is 24.0 Å². The predicted molar refractivity (Wildman–Crippen MR) is 117 cm³/mol.